The number of carbonyl (C=O) groups is 1. The third kappa shape index (κ3) is 4.54. The van der Waals surface area contributed by atoms with Crippen LogP contribution in [-0.4, -0.2) is 30.1 Å². The highest BCUT2D eigenvalue weighted by atomic mass is 32.2. The predicted octanol–water partition coefficient (Wildman–Crippen LogP) is 4.44. The minimum atomic E-state index is -0.723. The first kappa shape index (κ1) is 25.2. The number of hydrogen-bond donors (Lipinski definition) is 1. The lowest BCUT2D eigenvalue weighted by molar-refractivity contribution is -0.115. The normalized spacial score (nSPS) is 12.0. The zero-order valence-electron chi connectivity index (χ0n) is 20.9. The summed E-state index contributed by atoms with van der Waals surface area (Å²) < 4.78 is 18.1. The molecular weight excluding hydrogens is 505 g/mol. The molecule has 192 valence electrons. The first-order valence-corrected chi connectivity index (χ1v) is 12.7. The van der Waals surface area contributed by atoms with Gasteiger partial charge in [0.15, 0.2) is 5.16 Å². The molecule has 1 amide bonds. The fourth-order valence-corrected chi connectivity index (χ4v) is 5.08. The maximum Gasteiger partial charge on any atom is 0.295 e. The summed E-state index contributed by atoms with van der Waals surface area (Å²) in [4.78, 5) is 44.5. The maximum atomic E-state index is 13.6. The molecule has 0 radical (unpaired) electrons. The van der Waals surface area contributed by atoms with Gasteiger partial charge >= 0.3 is 0 Å². The second-order valence-electron chi connectivity index (χ2n) is 8.71. The smallest absolute Gasteiger partial charge is 0.295 e. The number of anilines is 1. The number of hydrogen-bond acceptors (Lipinski definition) is 5. The van der Waals surface area contributed by atoms with Crippen LogP contribution in [0.25, 0.3) is 22.3 Å². The minimum Gasteiger partial charge on any atom is -0.319 e. The standard InChI is InChI=1S/C28H24FN5O3S/c1-17-24(27(37)34(32(17)3)21-9-5-4-6-10-21)31-25(35)18(2)38-28-30-23-12-8-7-11-22(23)26(36)33(28)20-15-13-19(29)14-16-20/h4-16,18H,1-3H3,(H,31,35). The lowest BCUT2D eigenvalue weighted by atomic mass is 10.2. The van der Waals surface area contributed by atoms with Crippen LogP contribution in [0.3, 0.4) is 0 Å². The molecule has 5 rings (SSSR count). The van der Waals surface area contributed by atoms with Crippen molar-refractivity contribution >= 4 is 34.3 Å². The summed E-state index contributed by atoms with van der Waals surface area (Å²) in [6, 6.07) is 21.6. The number of nitrogens with zero attached hydrogens (tertiary/aromatic N) is 4. The molecule has 3 aromatic carbocycles. The Kier molecular flexibility index (Phi) is 6.73. The summed E-state index contributed by atoms with van der Waals surface area (Å²) in [6.07, 6.45) is 0. The van der Waals surface area contributed by atoms with Gasteiger partial charge in [-0.15, -0.1) is 0 Å². The number of benzene rings is 3. The Balaban J connectivity index is 1.49. The van der Waals surface area contributed by atoms with Gasteiger partial charge in [0, 0.05) is 7.05 Å². The van der Waals surface area contributed by atoms with Crippen LogP contribution < -0.4 is 16.4 Å². The molecule has 0 aliphatic carbocycles. The first-order valence-electron chi connectivity index (χ1n) is 11.9. The van der Waals surface area contributed by atoms with Crippen molar-refractivity contribution in [1.82, 2.24) is 18.9 Å². The summed E-state index contributed by atoms with van der Waals surface area (Å²) in [5.41, 5.74) is 1.67. The third-order valence-electron chi connectivity index (χ3n) is 6.28. The largest absolute Gasteiger partial charge is 0.319 e. The van der Waals surface area contributed by atoms with Gasteiger partial charge in [-0.05, 0) is 62.4 Å². The van der Waals surface area contributed by atoms with Crippen molar-refractivity contribution in [2.24, 2.45) is 7.05 Å². The van der Waals surface area contributed by atoms with Crippen molar-refractivity contribution in [2.45, 2.75) is 24.3 Å². The van der Waals surface area contributed by atoms with E-state index in [0.717, 1.165) is 11.8 Å². The highest BCUT2D eigenvalue weighted by Gasteiger charge is 2.24. The molecule has 0 fully saturated rings. The second-order valence-corrected chi connectivity index (χ2v) is 10.0. The van der Waals surface area contributed by atoms with Crippen molar-refractivity contribution in [3.05, 3.63) is 111 Å². The number of aromatic nitrogens is 4. The Labute approximate surface area is 221 Å². The molecule has 2 heterocycles. The van der Waals surface area contributed by atoms with Crippen LogP contribution in [0.5, 0.6) is 0 Å². The van der Waals surface area contributed by atoms with Crippen molar-refractivity contribution in [3.63, 3.8) is 0 Å². The number of para-hydroxylation sites is 2. The monoisotopic (exact) mass is 529 g/mol. The van der Waals surface area contributed by atoms with Gasteiger partial charge in [-0.1, -0.05) is 42.1 Å². The predicted molar refractivity (Wildman–Crippen MR) is 147 cm³/mol. The molecule has 5 aromatic rings. The molecular formula is C28H24FN5O3S. The number of amides is 1. The van der Waals surface area contributed by atoms with E-state index in [9.17, 15) is 18.8 Å². The molecule has 38 heavy (non-hydrogen) atoms. The number of rotatable bonds is 6. The van der Waals surface area contributed by atoms with Gasteiger partial charge in [0.1, 0.15) is 11.5 Å². The first-order chi connectivity index (χ1) is 18.3. The molecule has 0 saturated carbocycles. The number of carbonyl (C=O) groups excluding carboxylic acids is 1. The molecule has 8 nitrogen and oxygen atoms in total. The fourth-order valence-electron chi connectivity index (χ4n) is 4.16. The Hall–Kier alpha value is -4.44. The van der Waals surface area contributed by atoms with Gasteiger partial charge in [-0.2, -0.15) is 0 Å². The van der Waals surface area contributed by atoms with E-state index in [2.05, 4.69) is 10.3 Å². The SMILES string of the molecule is Cc1c(NC(=O)C(C)Sc2nc3ccccc3c(=O)n2-c2ccc(F)cc2)c(=O)n(-c2ccccc2)n1C. The van der Waals surface area contributed by atoms with Crippen LogP contribution in [0.1, 0.15) is 12.6 Å². The van der Waals surface area contributed by atoms with Crippen molar-refractivity contribution in [3.8, 4) is 11.4 Å². The average molecular weight is 530 g/mol. The van der Waals surface area contributed by atoms with Gasteiger partial charge in [0.2, 0.25) is 5.91 Å². The van der Waals surface area contributed by atoms with E-state index >= 15 is 0 Å². The molecule has 10 heteroatoms. The molecule has 1 N–H and O–H groups in total. The highest BCUT2D eigenvalue weighted by molar-refractivity contribution is 8.00. The maximum absolute atomic E-state index is 13.6. The van der Waals surface area contributed by atoms with E-state index in [0.29, 0.717) is 28.0 Å². The Morgan fingerprint density at radius 1 is 0.921 bits per heavy atom. The fraction of sp³-hybridized carbons (Fsp3) is 0.143. The summed E-state index contributed by atoms with van der Waals surface area (Å²) in [5.74, 6) is -0.856. The van der Waals surface area contributed by atoms with Crippen LogP contribution in [0.15, 0.2) is 93.6 Å². The number of nitrogens with one attached hydrogen (secondary N) is 1. The topological polar surface area (TPSA) is 90.9 Å². The summed E-state index contributed by atoms with van der Waals surface area (Å²) in [7, 11) is 1.75. The molecule has 0 aliphatic heterocycles. The Morgan fingerprint density at radius 2 is 1.58 bits per heavy atom. The van der Waals surface area contributed by atoms with Gasteiger partial charge in [0.25, 0.3) is 11.1 Å². The highest BCUT2D eigenvalue weighted by Crippen LogP contribution is 2.26. The Morgan fingerprint density at radius 3 is 2.29 bits per heavy atom. The zero-order chi connectivity index (χ0) is 27.0. The van der Waals surface area contributed by atoms with Crippen molar-refractivity contribution in [2.75, 3.05) is 5.32 Å². The zero-order valence-corrected chi connectivity index (χ0v) is 21.7. The molecule has 2 aromatic heterocycles. The van der Waals surface area contributed by atoms with Crippen LogP contribution in [0, 0.1) is 12.7 Å². The number of thioether (sulfide) groups is 1. The molecule has 0 spiro atoms. The molecule has 0 saturated heterocycles. The quantitative estimate of drug-likeness (QED) is 0.259. The van der Waals surface area contributed by atoms with E-state index in [-0.39, 0.29) is 22.0 Å². The van der Waals surface area contributed by atoms with E-state index in [4.69, 9.17) is 0 Å². The lowest BCUT2D eigenvalue weighted by Gasteiger charge is -2.16. The summed E-state index contributed by atoms with van der Waals surface area (Å²) in [5, 5.41) is 2.72. The van der Waals surface area contributed by atoms with E-state index in [1.54, 1.807) is 49.8 Å². The van der Waals surface area contributed by atoms with Crippen LogP contribution in [0.4, 0.5) is 10.1 Å². The van der Waals surface area contributed by atoms with Gasteiger partial charge in [0.05, 0.1) is 33.2 Å². The average Bonchev–Trinajstić information content (AvgIpc) is 3.13. The van der Waals surface area contributed by atoms with E-state index in [1.165, 1.54) is 33.5 Å². The summed E-state index contributed by atoms with van der Waals surface area (Å²) >= 11 is 1.08. The van der Waals surface area contributed by atoms with Crippen molar-refractivity contribution < 1.29 is 9.18 Å². The Bertz CT molecular complexity index is 1780. The summed E-state index contributed by atoms with van der Waals surface area (Å²) in [6.45, 7) is 3.43. The van der Waals surface area contributed by atoms with Gasteiger partial charge < -0.3 is 5.32 Å². The number of fused-ring (bicyclic) bond motifs is 1. The molecule has 0 bridgehead atoms. The lowest BCUT2D eigenvalue weighted by Crippen LogP contribution is -2.28. The van der Waals surface area contributed by atoms with Gasteiger partial charge in [-0.25, -0.2) is 14.1 Å². The molecule has 1 unspecified atom stereocenters. The van der Waals surface area contributed by atoms with Crippen molar-refractivity contribution in [1.29, 1.82) is 0 Å². The van der Waals surface area contributed by atoms with Gasteiger partial charge in [-0.3, -0.25) is 23.6 Å². The minimum absolute atomic E-state index is 0.177. The van der Waals surface area contributed by atoms with Crippen LogP contribution in [0.2, 0.25) is 0 Å². The van der Waals surface area contributed by atoms with Crippen LogP contribution >= 0.6 is 11.8 Å². The molecule has 1 atom stereocenters. The van der Waals surface area contributed by atoms with E-state index in [1.807, 2.05) is 30.3 Å². The second kappa shape index (κ2) is 10.1. The van der Waals surface area contributed by atoms with E-state index < -0.39 is 17.0 Å². The number of halogens is 1. The van der Waals surface area contributed by atoms with Crippen LogP contribution in [-0.2, 0) is 11.8 Å². The third-order valence-corrected chi connectivity index (χ3v) is 7.34. The molecule has 0 aliphatic rings.